The Bertz CT molecular complexity index is 590. The van der Waals surface area contributed by atoms with Crippen LogP contribution in [0.2, 0.25) is 0 Å². The average molecular weight is 281 g/mol. The Hall–Kier alpha value is -1.60. The molecule has 1 unspecified atom stereocenters. The number of rotatable bonds is 5. The molecule has 0 heterocycles. The van der Waals surface area contributed by atoms with Gasteiger partial charge in [0.1, 0.15) is 0 Å². The number of hydrogen-bond acceptors (Lipinski definition) is 1. The smallest absolute Gasteiger partial charge is 0.0297 e. The molecule has 0 bridgehead atoms. The first-order valence-corrected chi connectivity index (χ1v) is 7.95. The molecule has 0 spiro atoms. The average Bonchev–Trinajstić information content (AvgIpc) is 2.44. The lowest BCUT2D eigenvalue weighted by Crippen LogP contribution is -2.20. The maximum Gasteiger partial charge on any atom is 0.0297 e. The SMILES string of the molecule is CCCNC(C)c1ccccc1-c1c(C)cc(C)cc1C. The monoisotopic (exact) mass is 281 g/mol. The molecule has 0 aliphatic heterocycles. The van der Waals surface area contributed by atoms with E-state index in [-0.39, 0.29) is 0 Å². The normalized spacial score (nSPS) is 12.4. The van der Waals surface area contributed by atoms with E-state index in [0.29, 0.717) is 6.04 Å². The molecule has 0 saturated carbocycles. The number of hydrogen-bond donors (Lipinski definition) is 1. The number of aryl methyl sites for hydroxylation is 3. The molecular weight excluding hydrogens is 254 g/mol. The molecule has 21 heavy (non-hydrogen) atoms. The molecule has 0 fully saturated rings. The van der Waals surface area contributed by atoms with Crippen LogP contribution in [0.3, 0.4) is 0 Å². The van der Waals surface area contributed by atoms with Crippen molar-refractivity contribution in [3.8, 4) is 11.1 Å². The fraction of sp³-hybridized carbons (Fsp3) is 0.400. The fourth-order valence-corrected chi connectivity index (χ4v) is 3.18. The van der Waals surface area contributed by atoms with E-state index in [9.17, 15) is 0 Å². The van der Waals surface area contributed by atoms with E-state index >= 15 is 0 Å². The molecule has 0 radical (unpaired) electrons. The first kappa shape index (κ1) is 15.8. The van der Waals surface area contributed by atoms with Gasteiger partial charge >= 0.3 is 0 Å². The molecule has 2 aromatic carbocycles. The van der Waals surface area contributed by atoms with Crippen LogP contribution in [0.25, 0.3) is 11.1 Å². The van der Waals surface area contributed by atoms with Crippen LogP contribution in [0.4, 0.5) is 0 Å². The summed E-state index contributed by atoms with van der Waals surface area (Å²) in [6, 6.07) is 13.7. The van der Waals surface area contributed by atoms with Gasteiger partial charge in [0.2, 0.25) is 0 Å². The van der Waals surface area contributed by atoms with Crippen LogP contribution in [0.15, 0.2) is 36.4 Å². The van der Waals surface area contributed by atoms with Crippen molar-refractivity contribution in [2.75, 3.05) is 6.54 Å². The van der Waals surface area contributed by atoms with E-state index in [4.69, 9.17) is 0 Å². The molecule has 0 amide bonds. The summed E-state index contributed by atoms with van der Waals surface area (Å²) in [6.45, 7) is 12.1. The van der Waals surface area contributed by atoms with Crippen molar-refractivity contribution in [3.05, 3.63) is 58.7 Å². The van der Waals surface area contributed by atoms with Crippen molar-refractivity contribution < 1.29 is 0 Å². The van der Waals surface area contributed by atoms with Crippen LogP contribution < -0.4 is 5.32 Å². The quantitative estimate of drug-likeness (QED) is 0.780. The molecule has 0 aromatic heterocycles. The second-order valence-corrected chi connectivity index (χ2v) is 6.04. The molecular formula is C20H27N. The zero-order valence-electron chi connectivity index (χ0n) is 14.0. The Labute approximate surface area is 129 Å². The van der Waals surface area contributed by atoms with Gasteiger partial charge in [0.25, 0.3) is 0 Å². The largest absolute Gasteiger partial charge is 0.310 e. The Kier molecular flexibility index (Phi) is 5.19. The Morgan fingerprint density at radius 1 is 1.00 bits per heavy atom. The van der Waals surface area contributed by atoms with Gasteiger partial charge in [-0.2, -0.15) is 0 Å². The zero-order valence-corrected chi connectivity index (χ0v) is 14.0. The van der Waals surface area contributed by atoms with Gasteiger partial charge in [0.05, 0.1) is 0 Å². The zero-order chi connectivity index (χ0) is 15.4. The molecule has 0 aliphatic rings. The standard InChI is InChI=1S/C20H27N/c1-6-11-21-17(5)18-9-7-8-10-19(18)20-15(3)12-14(2)13-16(20)4/h7-10,12-13,17,21H,6,11H2,1-5H3. The Morgan fingerprint density at radius 2 is 1.62 bits per heavy atom. The minimum absolute atomic E-state index is 0.376. The van der Waals surface area contributed by atoms with E-state index in [0.717, 1.165) is 13.0 Å². The van der Waals surface area contributed by atoms with Crippen LogP contribution in [-0.4, -0.2) is 6.54 Å². The third-order valence-corrected chi connectivity index (χ3v) is 4.07. The second-order valence-electron chi connectivity index (χ2n) is 6.04. The topological polar surface area (TPSA) is 12.0 Å². The number of nitrogens with one attached hydrogen (secondary N) is 1. The van der Waals surface area contributed by atoms with Crippen molar-refractivity contribution in [2.45, 2.75) is 47.1 Å². The minimum atomic E-state index is 0.376. The molecule has 2 rings (SSSR count). The van der Waals surface area contributed by atoms with Gasteiger partial charge in [-0.1, -0.05) is 48.9 Å². The van der Waals surface area contributed by atoms with Gasteiger partial charge in [0, 0.05) is 6.04 Å². The third-order valence-electron chi connectivity index (χ3n) is 4.07. The van der Waals surface area contributed by atoms with Gasteiger partial charge in [-0.3, -0.25) is 0 Å². The summed E-state index contributed by atoms with van der Waals surface area (Å²) >= 11 is 0. The highest BCUT2D eigenvalue weighted by molar-refractivity contribution is 5.74. The maximum atomic E-state index is 3.61. The van der Waals surface area contributed by atoms with E-state index in [1.165, 1.54) is 33.4 Å². The van der Waals surface area contributed by atoms with E-state index in [1.54, 1.807) is 0 Å². The van der Waals surface area contributed by atoms with Crippen LogP contribution in [-0.2, 0) is 0 Å². The van der Waals surface area contributed by atoms with Crippen molar-refractivity contribution >= 4 is 0 Å². The number of benzene rings is 2. The molecule has 1 nitrogen and oxygen atoms in total. The van der Waals surface area contributed by atoms with Crippen LogP contribution in [0, 0.1) is 20.8 Å². The summed E-state index contributed by atoms with van der Waals surface area (Å²) in [7, 11) is 0. The lowest BCUT2D eigenvalue weighted by molar-refractivity contribution is 0.571. The predicted octanol–water partition coefficient (Wildman–Crippen LogP) is 5.34. The highest BCUT2D eigenvalue weighted by Gasteiger charge is 2.14. The Balaban J connectivity index is 2.50. The van der Waals surface area contributed by atoms with Crippen LogP contribution >= 0.6 is 0 Å². The molecule has 2 aromatic rings. The van der Waals surface area contributed by atoms with E-state index < -0.39 is 0 Å². The van der Waals surface area contributed by atoms with Gasteiger partial charge in [-0.25, -0.2) is 0 Å². The van der Waals surface area contributed by atoms with Gasteiger partial charge in [-0.15, -0.1) is 0 Å². The summed E-state index contributed by atoms with van der Waals surface area (Å²) in [5.74, 6) is 0. The fourth-order valence-electron chi connectivity index (χ4n) is 3.18. The molecule has 1 heteroatoms. The molecule has 1 atom stereocenters. The lowest BCUT2D eigenvalue weighted by atomic mass is 9.89. The van der Waals surface area contributed by atoms with Crippen molar-refractivity contribution in [1.82, 2.24) is 5.32 Å². The summed E-state index contributed by atoms with van der Waals surface area (Å²) in [4.78, 5) is 0. The summed E-state index contributed by atoms with van der Waals surface area (Å²) in [5.41, 5.74) is 8.21. The van der Waals surface area contributed by atoms with Crippen molar-refractivity contribution in [2.24, 2.45) is 0 Å². The van der Waals surface area contributed by atoms with Gasteiger partial charge < -0.3 is 5.32 Å². The lowest BCUT2D eigenvalue weighted by Gasteiger charge is -2.20. The molecule has 1 N–H and O–H groups in total. The van der Waals surface area contributed by atoms with Crippen LogP contribution in [0.5, 0.6) is 0 Å². The van der Waals surface area contributed by atoms with Crippen molar-refractivity contribution in [3.63, 3.8) is 0 Å². The van der Waals surface area contributed by atoms with Gasteiger partial charge in [-0.05, 0) is 68.5 Å². The summed E-state index contributed by atoms with van der Waals surface area (Å²) in [6.07, 6.45) is 1.16. The van der Waals surface area contributed by atoms with E-state index in [2.05, 4.69) is 76.3 Å². The maximum absolute atomic E-state index is 3.61. The Morgan fingerprint density at radius 3 is 2.24 bits per heavy atom. The predicted molar refractivity (Wildman–Crippen MR) is 92.8 cm³/mol. The molecule has 0 aliphatic carbocycles. The summed E-state index contributed by atoms with van der Waals surface area (Å²) in [5, 5.41) is 3.61. The van der Waals surface area contributed by atoms with Crippen LogP contribution in [0.1, 0.15) is 48.6 Å². The first-order chi connectivity index (χ1) is 10.0. The molecule has 0 saturated heterocycles. The highest BCUT2D eigenvalue weighted by Crippen LogP contribution is 2.33. The third kappa shape index (κ3) is 3.54. The first-order valence-electron chi connectivity index (χ1n) is 7.95. The van der Waals surface area contributed by atoms with Gasteiger partial charge in [0.15, 0.2) is 0 Å². The highest BCUT2D eigenvalue weighted by atomic mass is 14.9. The molecule has 112 valence electrons. The second kappa shape index (κ2) is 6.91. The summed E-state index contributed by atoms with van der Waals surface area (Å²) < 4.78 is 0. The minimum Gasteiger partial charge on any atom is -0.310 e. The van der Waals surface area contributed by atoms with E-state index in [1.807, 2.05) is 0 Å². The van der Waals surface area contributed by atoms with Crippen molar-refractivity contribution in [1.29, 1.82) is 0 Å².